The van der Waals surface area contributed by atoms with Crippen molar-refractivity contribution in [2.45, 2.75) is 32.7 Å². The second-order valence-electron chi connectivity index (χ2n) is 7.87. The Labute approximate surface area is 203 Å². The van der Waals surface area contributed by atoms with Crippen LogP contribution in [0.1, 0.15) is 26.2 Å². The first-order valence-electron chi connectivity index (χ1n) is 11.5. The fourth-order valence-corrected chi connectivity index (χ4v) is 4.83. The molecular weight excluding hydrogens is 450 g/mol. The number of aromatic nitrogens is 1. The molecule has 0 saturated carbocycles. The fraction of sp³-hybridized carbons (Fsp3) is 0.400. The van der Waals surface area contributed by atoms with E-state index in [1.807, 2.05) is 30.3 Å². The maximum Gasteiger partial charge on any atom is 0.270 e. The summed E-state index contributed by atoms with van der Waals surface area (Å²) in [6, 6.07) is 9.50. The van der Waals surface area contributed by atoms with E-state index in [4.69, 9.17) is 4.74 Å². The van der Waals surface area contributed by atoms with Crippen LogP contribution in [0, 0.1) is 11.3 Å². The minimum absolute atomic E-state index is 0.0884. The molecular formula is C25H31N5O3S. The van der Waals surface area contributed by atoms with Crippen molar-refractivity contribution in [2.24, 2.45) is 0 Å². The Hall–Kier alpha value is -3.35. The number of piperidine rings is 1. The van der Waals surface area contributed by atoms with Gasteiger partial charge < -0.3 is 15.4 Å². The van der Waals surface area contributed by atoms with E-state index >= 15 is 0 Å². The van der Waals surface area contributed by atoms with E-state index in [2.05, 4.69) is 22.1 Å². The molecule has 0 spiro atoms. The molecule has 0 aliphatic carbocycles. The van der Waals surface area contributed by atoms with Gasteiger partial charge in [-0.1, -0.05) is 18.6 Å². The smallest absolute Gasteiger partial charge is 0.270 e. The summed E-state index contributed by atoms with van der Waals surface area (Å²) in [6.07, 6.45) is 6.96. The van der Waals surface area contributed by atoms with Crippen LogP contribution in [0.2, 0.25) is 0 Å². The number of ether oxygens (including phenoxy) is 1. The van der Waals surface area contributed by atoms with Crippen molar-refractivity contribution in [3.63, 3.8) is 0 Å². The zero-order valence-corrected chi connectivity index (χ0v) is 20.3. The van der Waals surface area contributed by atoms with Crippen LogP contribution in [0.5, 0.6) is 5.75 Å². The van der Waals surface area contributed by atoms with Crippen LogP contribution in [-0.4, -0.2) is 48.2 Å². The van der Waals surface area contributed by atoms with E-state index < -0.39 is 5.91 Å². The molecule has 3 rings (SSSR count). The van der Waals surface area contributed by atoms with Gasteiger partial charge in [0.25, 0.3) is 11.5 Å². The number of anilines is 1. The van der Waals surface area contributed by atoms with Crippen LogP contribution in [0.25, 0.3) is 11.8 Å². The molecule has 2 heterocycles. The summed E-state index contributed by atoms with van der Waals surface area (Å²) < 4.78 is 8.09. The van der Waals surface area contributed by atoms with Crippen LogP contribution in [0.3, 0.4) is 0 Å². The molecule has 2 aromatic rings. The van der Waals surface area contributed by atoms with E-state index in [1.54, 1.807) is 13.1 Å². The molecule has 0 radical (unpaired) electrons. The molecule has 0 bridgehead atoms. The quantitative estimate of drug-likeness (QED) is 0.501. The third-order valence-corrected chi connectivity index (χ3v) is 6.64. The molecule has 0 atom stereocenters. The predicted molar refractivity (Wildman–Crippen MR) is 136 cm³/mol. The summed E-state index contributed by atoms with van der Waals surface area (Å²) in [6.45, 7) is 9.76. The largest absolute Gasteiger partial charge is 0.492 e. The summed E-state index contributed by atoms with van der Waals surface area (Å²) in [7, 11) is 0. The van der Waals surface area contributed by atoms with Gasteiger partial charge in [-0.2, -0.15) is 5.26 Å². The number of benzene rings is 1. The first-order chi connectivity index (χ1) is 16.6. The number of carbonyl (C=O) groups excluding carboxylic acids is 1. The molecule has 180 valence electrons. The fourth-order valence-electron chi connectivity index (χ4n) is 3.74. The zero-order chi connectivity index (χ0) is 24.3. The minimum atomic E-state index is -0.528. The normalized spacial score (nSPS) is 15.4. The first kappa shape index (κ1) is 25.3. The molecule has 1 aromatic carbocycles. The zero-order valence-electron chi connectivity index (χ0n) is 19.5. The lowest BCUT2D eigenvalue weighted by Gasteiger charge is -2.26. The number of hydrogen-bond donors (Lipinski definition) is 2. The lowest BCUT2D eigenvalue weighted by atomic mass is 10.1. The lowest BCUT2D eigenvalue weighted by Crippen LogP contribution is -2.34. The Balaban J connectivity index is 1.76. The van der Waals surface area contributed by atoms with Crippen molar-refractivity contribution in [1.29, 1.82) is 5.26 Å². The van der Waals surface area contributed by atoms with Crippen molar-refractivity contribution >= 4 is 34.7 Å². The SMILES string of the molecule is C=CCNC(=O)/C(C#N)=c1\s/c(=C/Nc2cccc(OCCN3CCCCC3)c2)c(=O)n1CC. The van der Waals surface area contributed by atoms with Crippen LogP contribution < -0.4 is 30.1 Å². The van der Waals surface area contributed by atoms with Gasteiger partial charge in [-0.15, -0.1) is 17.9 Å². The van der Waals surface area contributed by atoms with Crippen LogP contribution >= 0.6 is 11.3 Å². The van der Waals surface area contributed by atoms with E-state index in [1.165, 1.54) is 29.9 Å². The molecule has 34 heavy (non-hydrogen) atoms. The molecule has 9 heteroatoms. The minimum Gasteiger partial charge on any atom is -0.492 e. The topological polar surface area (TPSA) is 99.4 Å². The lowest BCUT2D eigenvalue weighted by molar-refractivity contribution is -0.115. The number of nitrogens with one attached hydrogen (secondary N) is 2. The molecule has 2 N–H and O–H groups in total. The molecule has 1 saturated heterocycles. The first-order valence-corrected chi connectivity index (χ1v) is 12.3. The number of amides is 1. The Morgan fingerprint density at radius 3 is 2.82 bits per heavy atom. The van der Waals surface area contributed by atoms with Gasteiger partial charge in [-0.3, -0.25) is 19.1 Å². The van der Waals surface area contributed by atoms with E-state index in [9.17, 15) is 14.9 Å². The highest BCUT2D eigenvalue weighted by molar-refractivity contribution is 7.07. The summed E-state index contributed by atoms with van der Waals surface area (Å²) >= 11 is 1.11. The van der Waals surface area contributed by atoms with E-state index in [0.717, 1.165) is 42.4 Å². The number of nitrogens with zero attached hydrogens (tertiary/aromatic N) is 3. The number of likely N-dealkylation sites (tertiary alicyclic amines) is 1. The molecule has 1 aliphatic heterocycles. The molecule has 0 unspecified atom stereocenters. The number of nitriles is 1. The highest BCUT2D eigenvalue weighted by Crippen LogP contribution is 2.17. The maximum atomic E-state index is 12.9. The number of carbonyl (C=O) groups is 1. The van der Waals surface area contributed by atoms with E-state index in [-0.39, 0.29) is 17.7 Å². The van der Waals surface area contributed by atoms with Crippen LogP contribution in [-0.2, 0) is 11.3 Å². The second kappa shape index (κ2) is 12.8. The summed E-state index contributed by atoms with van der Waals surface area (Å²) in [5, 5.41) is 15.3. The third-order valence-electron chi connectivity index (χ3n) is 5.51. The molecule has 1 aromatic heterocycles. The molecule has 1 fully saturated rings. The Kier molecular flexibility index (Phi) is 9.50. The number of thiazole rings is 1. The predicted octanol–water partition coefficient (Wildman–Crippen LogP) is 1.62. The van der Waals surface area contributed by atoms with Gasteiger partial charge in [0, 0.05) is 37.6 Å². The van der Waals surface area contributed by atoms with Gasteiger partial charge in [-0.05, 0) is 45.0 Å². The Morgan fingerprint density at radius 2 is 2.12 bits per heavy atom. The van der Waals surface area contributed by atoms with Gasteiger partial charge in [0.2, 0.25) is 0 Å². The summed E-state index contributed by atoms with van der Waals surface area (Å²) in [5.41, 5.74) is 0.434. The summed E-state index contributed by atoms with van der Waals surface area (Å²) in [5.74, 6) is 0.229. The Bertz CT molecular complexity index is 1220. The standard InChI is InChI=1S/C25H31N5O3S/c1-3-11-27-23(31)21(17-26)25-30(4-2)24(32)22(34-25)18-28-19-9-8-10-20(16-19)33-15-14-29-12-6-5-7-13-29/h3,8-10,16,18,28H,1,4-7,11-15H2,2H3,(H,27,31)/b22-18+,25-21-. The number of rotatable bonds is 10. The molecule has 1 aliphatic rings. The molecule has 8 nitrogen and oxygen atoms in total. The van der Waals surface area contributed by atoms with Gasteiger partial charge in [-0.25, -0.2) is 0 Å². The second-order valence-corrected chi connectivity index (χ2v) is 8.90. The van der Waals surface area contributed by atoms with Gasteiger partial charge in [0.1, 0.15) is 27.6 Å². The average Bonchev–Trinajstić information content (AvgIpc) is 3.17. The maximum absolute atomic E-state index is 12.9. The number of hydrogen-bond acceptors (Lipinski definition) is 7. The van der Waals surface area contributed by atoms with Crippen molar-refractivity contribution in [2.75, 3.05) is 38.1 Å². The third kappa shape index (κ3) is 6.59. The highest BCUT2D eigenvalue weighted by Gasteiger charge is 2.14. The van der Waals surface area contributed by atoms with Gasteiger partial charge >= 0.3 is 0 Å². The van der Waals surface area contributed by atoms with Crippen LogP contribution in [0.15, 0.2) is 41.7 Å². The Morgan fingerprint density at radius 1 is 1.32 bits per heavy atom. The average molecular weight is 482 g/mol. The summed E-state index contributed by atoms with van der Waals surface area (Å²) in [4.78, 5) is 27.6. The van der Waals surface area contributed by atoms with Crippen molar-refractivity contribution in [3.05, 3.63) is 56.5 Å². The van der Waals surface area contributed by atoms with Crippen molar-refractivity contribution in [3.8, 4) is 11.8 Å². The molecule has 1 amide bonds. The van der Waals surface area contributed by atoms with Crippen molar-refractivity contribution in [1.82, 2.24) is 14.8 Å². The van der Waals surface area contributed by atoms with Gasteiger partial charge in [0.15, 0.2) is 5.57 Å². The monoisotopic (exact) mass is 481 g/mol. The van der Waals surface area contributed by atoms with E-state index in [0.29, 0.717) is 22.3 Å². The van der Waals surface area contributed by atoms with Crippen molar-refractivity contribution < 1.29 is 9.53 Å². The van der Waals surface area contributed by atoms with Crippen LogP contribution in [0.4, 0.5) is 5.69 Å². The van der Waals surface area contributed by atoms with Gasteiger partial charge in [0.05, 0.1) is 0 Å². The highest BCUT2D eigenvalue weighted by atomic mass is 32.1.